The summed E-state index contributed by atoms with van der Waals surface area (Å²) in [7, 11) is 3.45. The minimum Gasteiger partial charge on any atom is -0.462 e. The molecule has 0 radical (unpaired) electrons. The van der Waals surface area contributed by atoms with Crippen molar-refractivity contribution in [3.8, 4) is 0 Å². The number of nitrogens with zero attached hydrogens (tertiary/aromatic N) is 1. The summed E-state index contributed by atoms with van der Waals surface area (Å²) in [5, 5.41) is 0. The minimum atomic E-state index is -0.286. The highest BCUT2D eigenvalue weighted by Gasteiger charge is 2.27. The summed E-state index contributed by atoms with van der Waals surface area (Å²) in [6.07, 6.45) is 4.87. The van der Waals surface area contributed by atoms with Crippen LogP contribution in [0.25, 0.3) is 0 Å². The van der Waals surface area contributed by atoms with Gasteiger partial charge < -0.3 is 9.64 Å². The highest BCUT2D eigenvalue weighted by Crippen LogP contribution is 2.25. The number of rotatable bonds is 3. The zero-order chi connectivity index (χ0) is 11.4. The molecule has 1 rings (SSSR count). The van der Waals surface area contributed by atoms with Crippen molar-refractivity contribution in [3.05, 3.63) is 12.2 Å². The molecule has 15 heavy (non-hydrogen) atoms. The molecule has 0 bridgehead atoms. The summed E-state index contributed by atoms with van der Waals surface area (Å²) in [5.41, 5.74) is 0. The van der Waals surface area contributed by atoms with Crippen LogP contribution in [0.2, 0.25) is 0 Å². The van der Waals surface area contributed by atoms with Gasteiger partial charge in [0.1, 0.15) is 6.10 Å². The van der Waals surface area contributed by atoms with Crippen molar-refractivity contribution in [2.24, 2.45) is 5.92 Å². The quantitative estimate of drug-likeness (QED) is 0.516. The van der Waals surface area contributed by atoms with E-state index in [0.29, 0.717) is 12.8 Å². The van der Waals surface area contributed by atoms with Crippen LogP contribution in [0, 0.1) is 5.92 Å². The van der Waals surface area contributed by atoms with Gasteiger partial charge in [0.05, 0.1) is 0 Å². The Balaban J connectivity index is 2.49. The second-order valence-electron chi connectivity index (χ2n) is 3.97. The topological polar surface area (TPSA) is 46.6 Å². The van der Waals surface area contributed by atoms with E-state index in [-0.39, 0.29) is 23.9 Å². The molecule has 0 aromatic carbocycles. The number of amides is 1. The van der Waals surface area contributed by atoms with E-state index in [1.54, 1.807) is 19.0 Å². The van der Waals surface area contributed by atoms with Crippen LogP contribution in [-0.2, 0) is 14.3 Å². The predicted molar refractivity (Wildman–Crippen MR) is 56.1 cm³/mol. The fourth-order valence-electron chi connectivity index (χ4n) is 1.62. The lowest BCUT2D eigenvalue weighted by Crippen LogP contribution is -2.29. The molecule has 4 heteroatoms. The predicted octanol–water partition coefficient (Wildman–Crippen LogP) is 0.972. The van der Waals surface area contributed by atoms with Crippen molar-refractivity contribution in [3.63, 3.8) is 0 Å². The van der Waals surface area contributed by atoms with E-state index < -0.39 is 0 Å². The molecule has 0 saturated carbocycles. The third kappa shape index (κ3) is 3.38. The largest absolute Gasteiger partial charge is 0.462 e. The van der Waals surface area contributed by atoms with E-state index in [1.165, 1.54) is 6.92 Å². The Morgan fingerprint density at radius 2 is 2.13 bits per heavy atom. The van der Waals surface area contributed by atoms with E-state index in [0.717, 1.165) is 0 Å². The van der Waals surface area contributed by atoms with Crippen molar-refractivity contribution in [1.82, 2.24) is 4.90 Å². The molecule has 0 N–H and O–H groups in total. The monoisotopic (exact) mass is 211 g/mol. The number of carbonyl (C=O) groups is 2. The van der Waals surface area contributed by atoms with Gasteiger partial charge in [0.2, 0.25) is 5.91 Å². The maximum atomic E-state index is 11.5. The van der Waals surface area contributed by atoms with Crippen LogP contribution >= 0.6 is 0 Å². The summed E-state index contributed by atoms with van der Waals surface area (Å²) >= 11 is 0. The summed E-state index contributed by atoms with van der Waals surface area (Å²) in [4.78, 5) is 23.9. The van der Waals surface area contributed by atoms with Gasteiger partial charge in [0.25, 0.3) is 0 Å². The first-order chi connectivity index (χ1) is 7.00. The van der Waals surface area contributed by atoms with Crippen LogP contribution in [0.4, 0.5) is 0 Å². The van der Waals surface area contributed by atoms with Crippen LogP contribution in [0.1, 0.15) is 19.8 Å². The molecule has 2 atom stereocenters. The maximum absolute atomic E-state index is 11.5. The normalized spacial score (nSPS) is 23.9. The second kappa shape index (κ2) is 4.96. The van der Waals surface area contributed by atoms with Crippen LogP contribution in [0.3, 0.4) is 0 Å². The Morgan fingerprint density at radius 1 is 1.47 bits per heavy atom. The van der Waals surface area contributed by atoms with E-state index in [9.17, 15) is 9.59 Å². The van der Waals surface area contributed by atoms with Crippen LogP contribution in [0.15, 0.2) is 12.2 Å². The van der Waals surface area contributed by atoms with Crippen molar-refractivity contribution >= 4 is 11.9 Å². The summed E-state index contributed by atoms with van der Waals surface area (Å²) in [6.45, 7) is 1.39. The molecule has 0 heterocycles. The average Bonchev–Trinajstić information content (AvgIpc) is 2.51. The summed E-state index contributed by atoms with van der Waals surface area (Å²) < 4.78 is 5.13. The van der Waals surface area contributed by atoms with E-state index in [1.807, 2.05) is 12.2 Å². The zero-order valence-electron chi connectivity index (χ0n) is 9.40. The molecule has 1 aliphatic carbocycles. The van der Waals surface area contributed by atoms with Gasteiger partial charge in [-0.05, 0) is 0 Å². The standard InChI is InChI=1S/C11H17NO3/c1-8(13)15-10-6-4-5-9(10)7-11(14)12(2)3/h4-5,9-10H,6-7H2,1-3H3/t9-,10-/m0/s1. The maximum Gasteiger partial charge on any atom is 0.302 e. The third-order valence-electron chi connectivity index (χ3n) is 2.46. The van der Waals surface area contributed by atoms with E-state index >= 15 is 0 Å². The van der Waals surface area contributed by atoms with Gasteiger partial charge in [-0.3, -0.25) is 9.59 Å². The molecule has 0 aromatic heterocycles. The average molecular weight is 211 g/mol. The lowest BCUT2D eigenvalue weighted by molar-refractivity contribution is -0.149. The number of ether oxygens (including phenoxy) is 1. The SMILES string of the molecule is CC(=O)O[C@H]1CC=C[C@H]1CC(=O)N(C)C. The van der Waals surface area contributed by atoms with Crippen molar-refractivity contribution < 1.29 is 14.3 Å². The first-order valence-electron chi connectivity index (χ1n) is 5.04. The van der Waals surface area contributed by atoms with Gasteiger partial charge in [-0.1, -0.05) is 12.2 Å². The van der Waals surface area contributed by atoms with E-state index in [2.05, 4.69) is 0 Å². The molecule has 0 fully saturated rings. The Hall–Kier alpha value is -1.32. The van der Waals surface area contributed by atoms with Crippen molar-refractivity contribution in [2.75, 3.05) is 14.1 Å². The minimum absolute atomic E-state index is 0.0313. The van der Waals surface area contributed by atoms with Crippen LogP contribution < -0.4 is 0 Å². The van der Waals surface area contributed by atoms with Gasteiger partial charge in [0, 0.05) is 39.8 Å². The third-order valence-corrected chi connectivity index (χ3v) is 2.46. The molecule has 0 spiro atoms. The smallest absolute Gasteiger partial charge is 0.302 e. The summed E-state index contributed by atoms with van der Waals surface area (Å²) in [5.74, 6) is -0.196. The lowest BCUT2D eigenvalue weighted by Gasteiger charge is -2.20. The van der Waals surface area contributed by atoms with E-state index in [4.69, 9.17) is 4.74 Å². The Morgan fingerprint density at radius 3 is 2.67 bits per heavy atom. The number of carbonyl (C=O) groups excluding carboxylic acids is 2. The summed E-state index contributed by atoms with van der Waals surface area (Å²) in [6, 6.07) is 0. The Labute approximate surface area is 89.9 Å². The van der Waals surface area contributed by atoms with Crippen molar-refractivity contribution in [1.29, 1.82) is 0 Å². The molecule has 84 valence electrons. The number of esters is 1. The zero-order valence-corrected chi connectivity index (χ0v) is 9.40. The van der Waals surface area contributed by atoms with Gasteiger partial charge in [-0.2, -0.15) is 0 Å². The Bertz CT molecular complexity index is 284. The molecule has 0 aromatic rings. The first kappa shape index (κ1) is 11.8. The molecule has 0 aliphatic heterocycles. The van der Waals surface area contributed by atoms with Crippen LogP contribution in [0.5, 0.6) is 0 Å². The van der Waals surface area contributed by atoms with Gasteiger partial charge >= 0.3 is 5.97 Å². The Kier molecular flexibility index (Phi) is 3.88. The lowest BCUT2D eigenvalue weighted by atomic mass is 10.0. The molecular weight excluding hydrogens is 194 g/mol. The molecule has 4 nitrogen and oxygen atoms in total. The van der Waals surface area contributed by atoms with Crippen LogP contribution in [-0.4, -0.2) is 37.0 Å². The van der Waals surface area contributed by atoms with Gasteiger partial charge in [0.15, 0.2) is 0 Å². The number of hydrogen-bond donors (Lipinski definition) is 0. The highest BCUT2D eigenvalue weighted by molar-refractivity contribution is 5.76. The van der Waals surface area contributed by atoms with Gasteiger partial charge in [-0.25, -0.2) is 0 Å². The fourth-order valence-corrected chi connectivity index (χ4v) is 1.62. The molecular formula is C11H17NO3. The first-order valence-corrected chi connectivity index (χ1v) is 5.04. The molecule has 0 saturated heterocycles. The number of hydrogen-bond acceptors (Lipinski definition) is 3. The molecule has 1 aliphatic rings. The molecule has 1 amide bonds. The molecule has 0 unspecified atom stereocenters. The van der Waals surface area contributed by atoms with Gasteiger partial charge in [-0.15, -0.1) is 0 Å². The highest BCUT2D eigenvalue weighted by atomic mass is 16.5. The fraction of sp³-hybridized carbons (Fsp3) is 0.636. The van der Waals surface area contributed by atoms with Crippen molar-refractivity contribution in [2.45, 2.75) is 25.9 Å². The second-order valence-corrected chi connectivity index (χ2v) is 3.97.